The van der Waals surface area contributed by atoms with Crippen molar-refractivity contribution in [2.45, 2.75) is 26.2 Å². The topological polar surface area (TPSA) is 0 Å². The summed E-state index contributed by atoms with van der Waals surface area (Å²) in [6, 6.07) is 40.8. The summed E-state index contributed by atoms with van der Waals surface area (Å²) in [7, 11) is 0. The van der Waals surface area contributed by atoms with Crippen molar-refractivity contribution < 1.29 is 0 Å². The average Bonchev–Trinajstić information content (AvgIpc) is 3.50. The number of rotatable bonds is 4. The largest absolute Gasteiger partial charge is 0.135 e. The number of thiophene rings is 1. The van der Waals surface area contributed by atoms with E-state index in [2.05, 4.69) is 149 Å². The molecule has 0 atom stereocenters. The van der Waals surface area contributed by atoms with Gasteiger partial charge in [-0.15, -0.1) is 11.3 Å². The molecular weight excluding hydrogens is 537 g/mol. The van der Waals surface area contributed by atoms with Crippen LogP contribution in [-0.4, -0.2) is 0 Å². The number of benzene rings is 6. The normalized spacial score (nSPS) is 14.5. The molecule has 8 rings (SSSR count). The zero-order chi connectivity index (χ0) is 29.3. The highest BCUT2D eigenvalue weighted by Crippen LogP contribution is 2.50. The Balaban J connectivity index is 1.42. The molecule has 0 unspecified atom stereocenters. The predicted octanol–water partition coefficient (Wildman–Crippen LogP) is 12.5. The SMILES string of the molecule is C=CC1=C(/C=C\C)c2ccc(-c3c4ccccc4c(-c4ccc5sc6ccccc6c5c4)c4ccccc34)cc2C1(C)C. The van der Waals surface area contributed by atoms with Crippen LogP contribution in [0.25, 0.3) is 69.5 Å². The quantitative estimate of drug-likeness (QED) is 0.185. The Morgan fingerprint density at radius 3 is 1.74 bits per heavy atom. The van der Waals surface area contributed by atoms with Crippen LogP contribution in [0.2, 0.25) is 0 Å². The Labute approximate surface area is 256 Å². The highest BCUT2D eigenvalue weighted by Gasteiger charge is 2.35. The van der Waals surface area contributed by atoms with E-state index in [-0.39, 0.29) is 5.41 Å². The van der Waals surface area contributed by atoms with Crippen LogP contribution < -0.4 is 0 Å². The number of hydrogen-bond acceptors (Lipinski definition) is 1. The standard InChI is InChI=1S/C42H32S/c1-5-13-28-29-22-20-27(25-37(29)42(3,4)36(28)6-2)41-33-17-9-7-15-31(33)40(32-16-8-10-18-34(32)41)26-21-23-39-35(24-26)30-14-11-12-19-38(30)43-39/h5-25H,2H2,1,3-4H3/b13-5-. The third kappa shape index (κ3) is 3.75. The predicted molar refractivity (Wildman–Crippen MR) is 190 cm³/mol. The number of hydrogen-bond donors (Lipinski definition) is 0. The van der Waals surface area contributed by atoms with Crippen molar-refractivity contribution in [1.29, 1.82) is 0 Å². The molecule has 0 radical (unpaired) electrons. The van der Waals surface area contributed by atoms with E-state index in [1.807, 2.05) is 17.4 Å². The van der Waals surface area contributed by atoms with E-state index in [1.165, 1.54) is 86.2 Å². The molecule has 0 spiro atoms. The summed E-state index contributed by atoms with van der Waals surface area (Å²) in [5.41, 5.74) is 10.3. The molecule has 1 heterocycles. The van der Waals surface area contributed by atoms with Gasteiger partial charge in [-0.05, 0) is 97.3 Å². The van der Waals surface area contributed by atoms with Crippen LogP contribution in [-0.2, 0) is 5.41 Å². The minimum absolute atomic E-state index is 0.119. The van der Waals surface area contributed by atoms with Gasteiger partial charge in [0.1, 0.15) is 0 Å². The molecule has 43 heavy (non-hydrogen) atoms. The fourth-order valence-corrected chi connectivity index (χ4v) is 8.51. The Morgan fingerprint density at radius 1 is 0.605 bits per heavy atom. The molecule has 0 bridgehead atoms. The molecule has 1 heteroatoms. The summed E-state index contributed by atoms with van der Waals surface area (Å²) in [4.78, 5) is 0. The summed E-state index contributed by atoms with van der Waals surface area (Å²) in [5.74, 6) is 0. The Hall–Kier alpha value is -4.72. The summed E-state index contributed by atoms with van der Waals surface area (Å²) >= 11 is 1.87. The molecule has 0 fully saturated rings. The fourth-order valence-electron chi connectivity index (χ4n) is 7.42. The summed E-state index contributed by atoms with van der Waals surface area (Å²) in [6.07, 6.45) is 6.41. The Bertz CT molecular complexity index is 2280. The van der Waals surface area contributed by atoms with Crippen molar-refractivity contribution in [1.82, 2.24) is 0 Å². The lowest BCUT2D eigenvalue weighted by Crippen LogP contribution is -2.16. The van der Waals surface area contributed by atoms with Gasteiger partial charge in [-0.25, -0.2) is 0 Å². The first-order valence-electron chi connectivity index (χ1n) is 15.0. The van der Waals surface area contributed by atoms with E-state index in [0.717, 1.165) is 0 Å². The average molecular weight is 569 g/mol. The van der Waals surface area contributed by atoms with Crippen LogP contribution in [0.3, 0.4) is 0 Å². The van der Waals surface area contributed by atoms with Gasteiger partial charge in [0.15, 0.2) is 0 Å². The second-order valence-corrected chi connectivity index (χ2v) is 13.2. The number of allylic oxidation sites excluding steroid dienone is 5. The smallest absolute Gasteiger partial charge is 0.0355 e. The van der Waals surface area contributed by atoms with E-state index in [0.29, 0.717) is 0 Å². The Kier molecular flexibility index (Phi) is 5.83. The van der Waals surface area contributed by atoms with Crippen LogP contribution in [0.15, 0.2) is 140 Å². The van der Waals surface area contributed by atoms with Gasteiger partial charge in [0.05, 0.1) is 0 Å². The molecule has 1 aromatic heterocycles. The summed E-state index contributed by atoms with van der Waals surface area (Å²) in [5, 5.41) is 7.81. The van der Waals surface area contributed by atoms with Gasteiger partial charge in [0, 0.05) is 25.6 Å². The second-order valence-electron chi connectivity index (χ2n) is 12.1. The third-order valence-corrected chi connectivity index (χ3v) is 10.5. The van der Waals surface area contributed by atoms with Gasteiger partial charge in [0.2, 0.25) is 0 Å². The van der Waals surface area contributed by atoms with Gasteiger partial charge in [0.25, 0.3) is 0 Å². The molecule has 0 saturated heterocycles. The summed E-state index contributed by atoms with van der Waals surface area (Å²) < 4.78 is 2.67. The highest BCUT2D eigenvalue weighted by atomic mass is 32.1. The van der Waals surface area contributed by atoms with E-state index >= 15 is 0 Å². The maximum absolute atomic E-state index is 4.20. The van der Waals surface area contributed by atoms with Gasteiger partial charge in [-0.3, -0.25) is 0 Å². The summed E-state index contributed by atoms with van der Waals surface area (Å²) in [6.45, 7) is 10.9. The number of fused-ring (bicyclic) bond motifs is 6. The van der Waals surface area contributed by atoms with Crippen molar-refractivity contribution in [3.05, 3.63) is 151 Å². The van der Waals surface area contributed by atoms with Crippen molar-refractivity contribution in [3.63, 3.8) is 0 Å². The minimum Gasteiger partial charge on any atom is -0.135 e. The zero-order valence-corrected chi connectivity index (χ0v) is 25.6. The third-order valence-electron chi connectivity index (χ3n) is 9.37. The lowest BCUT2D eigenvalue weighted by molar-refractivity contribution is 0.655. The highest BCUT2D eigenvalue weighted by molar-refractivity contribution is 7.25. The molecule has 0 saturated carbocycles. The first-order valence-corrected chi connectivity index (χ1v) is 15.8. The fraction of sp³-hybridized carbons (Fsp3) is 0.0952. The molecule has 6 aromatic carbocycles. The lowest BCUT2D eigenvalue weighted by Gasteiger charge is -2.24. The first kappa shape index (κ1) is 25.9. The maximum atomic E-state index is 4.20. The van der Waals surface area contributed by atoms with Crippen LogP contribution in [0.5, 0.6) is 0 Å². The van der Waals surface area contributed by atoms with E-state index in [1.54, 1.807) is 0 Å². The van der Waals surface area contributed by atoms with Crippen molar-refractivity contribution in [2.75, 3.05) is 0 Å². The van der Waals surface area contributed by atoms with Crippen LogP contribution in [0.4, 0.5) is 0 Å². The van der Waals surface area contributed by atoms with Gasteiger partial charge < -0.3 is 0 Å². The molecule has 0 aliphatic heterocycles. The minimum atomic E-state index is -0.119. The van der Waals surface area contributed by atoms with Gasteiger partial charge >= 0.3 is 0 Å². The van der Waals surface area contributed by atoms with Crippen LogP contribution >= 0.6 is 11.3 Å². The lowest BCUT2D eigenvalue weighted by atomic mass is 9.79. The van der Waals surface area contributed by atoms with Crippen molar-refractivity contribution in [3.8, 4) is 22.3 Å². The first-order chi connectivity index (χ1) is 21.0. The maximum Gasteiger partial charge on any atom is 0.0355 e. The van der Waals surface area contributed by atoms with Crippen LogP contribution in [0, 0.1) is 0 Å². The molecule has 0 N–H and O–H groups in total. The molecule has 7 aromatic rings. The molecular formula is C42H32S. The molecule has 206 valence electrons. The van der Waals surface area contributed by atoms with E-state index < -0.39 is 0 Å². The molecule has 0 nitrogen and oxygen atoms in total. The van der Waals surface area contributed by atoms with Gasteiger partial charge in [-0.2, -0.15) is 0 Å². The zero-order valence-electron chi connectivity index (χ0n) is 24.7. The Morgan fingerprint density at radius 2 is 1.14 bits per heavy atom. The molecule has 1 aliphatic rings. The van der Waals surface area contributed by atoms with E-state index in [9.17, 15) is 0 Å². The van der Waals surface area contributed by atoms with Crippen molar-refractivity contribution >= 4 is 58.6 Å². The molecule has 0 amide bonds. The van der Waals surface area contributed by atoms with Crippen LogP contribution in [0.1, 0.15) is 31.9 Å². The second kappa shape index (κ2) is 9.66. The van der Waals surface area contributed by atoms with E-state index in [4.69, 9.17) is 0 Å². The van der Waals surface area contributed by atoms with Crippen molar-refractivity contribution in [2.24, 2.45) is 0 Å². The van der Waals surface area contributed by atoms with Gasteiger partial charge in [-0.1, -0.05) is 124 Å². The monoisotopic (exact) mass is 568 g/mol. The molecule has 1 aliphatic carbocycles.